The molecule has 1 saturated heterocycles. The number of ether oxygens (including phenoxy) is 4. The van der Waals surface area contributed by atoms with Crippen molar-refractivity contribution < 1.29 is 33.0 Å². The number of amides is 2. The maximum absolute atomic E-state index is 13.2. The summed E-state index contributed by atoms with van der Waals surface area (Å²) in [5.74, 6) is -0.733. The Hall–Kier alpha value is -4.00. The van der Waals surface area contributed by atoms with E-state index in [2.05, 4.69) is 17.0 Å². The highest BCUT2D eigenvalue weighted by atomic mass is 16.6. The van der Waals surface area contributed by atoms with Crippen molar-refractivity contribution in [2.75, 3.05) is 53.2 Å². The number of nitrogens with zero attached hydrogens (tertiary/aromatic N) is 3. The minimum Gasteiger partial charge on any atom is -0.444 e. The Labute approximate surface area is 263 Å². The van der Waals surface area contributed by atoms with Gasteiger partial charge in [0.1, 0.15) is 5.60 Å². The van der Waals surface area contributed by atoms with E-state index in [0.717, 1.165) is 16.7 Å². The molecule has 45 heavy (non-hydrogen) atoms. The lowest BCUT2D eigenvalue weighted by Crippen LogP contribution is -2.49. The van der Waals surface area contributed by atoms with E-state index in [9.17, 15) is 14.4 Å². The number of aliphatic imine (C=N–C) groups is 1. The molecule has 1 N–H and O–H groups in total. The van der Waals surface area contributed by atoms with Crippen LogP contribution in [0.5, 0.6) is 0 Å². The fraction of sp³-hybridized carbons (Fsp3) is 0.515. The molecule has 244 valence electrons. The summed E-state index contributed by atoms with van der Waals surface area (Å²) in [5, 5.41) is 3.04. The summed E-state index contributed by atoms with van der Waals surface area (Å²) < 4.78 is 28.8. The van der Waals surface area contributed by atoms with Gasteiger partial charge >= 0.3 is 11.8 Å². The van der Waals surface area contributed by atoms with Crippen LogP contribution in [0.15, 0.2) is 56.7 Å². The van der Waals surface area contributed by atoms with E-state index in [4.69, 9.17) is 23.4 Å². The zero-order valence-corrected chi connectivity index (χ0v) is 26.6. The van der Waals surface area contributed by atoms with Crippen molar-refractivity contribution in [2.45, 2.75) is 57.9 Å². The minimum atomic E-state index is -0.818. The molecule has 3 aromatic rings. The Morgan fingerprint density at radius 2 is 1.87 bits per heavy atom. The predicted octanol–water partition coefficient (Wildman–Crippen LogP) is 3.68. The van der Waals surface area contributed by atoms with Crippen LogP contribution in [0.25, 0.3) is 22.2 Å². The molecular formula is C33H44N4O8. The lowest BCUT2D eigenvalue weighted by atomic mass is 10.00. The van der Waals surface area contributed by atoms with Crippen LogP contribution in [0, 0.1) is 0 Å². The lowest BCUT2D eigenvalue weighted by molar-refractivity contribution is -0.133. The minimum absolute atomic E-state index is 0.110. The summed E-state index contributed by atoms with van der Waals surface area (Å²) in [6.45, 7) is 12.0. The SMILES string of the molecule is C=NC[C@H](Cc1ccc(-c2ccc3oc(=O)n(CCOCCOC)c3c2)cc1)NC(=O)[C@@H]1CN(C(=O)OC(C)(C)C)CCCO1. The van der Waals surface area contributed by atoms with E-state index in [0.29, 0.717) is 70.0 Å². The summed E-state index contributed by atoms with van der Waals surface area (Å²) in [6.07, 6.45) is -0.141. The van der Waals surface area contributed by atoms with Crippen LogP contribution in [-0.4, -0.2) is 99.1 Å². The third-order valence-corrected chi connectivity index (χ3v) is 7.25. The molecular weight excluding hydrogens is 580 g/mol. The highest BCUT2D eigenvalue weighted by Gasteiger charge is 2.31. The van der Waals surface area contributed by atoms with E-state index in [1.165, 1.54) is 4.90 Å². The highest BCUT2D eigenvalue weighted by molar-refractivity contribution is 5.82. The number of nitrogens with one attached hydrogen (secondary N) is 1. The molecule has 2 aromatic carbocycles. The predicted molar refractivity (Wildman–Crippen MR) is 171 cm³/mol. The Balaban J connectivity index is 1.40. The van der Waals surface area contributed by atoms with E-state index in [1.807, 2.05) is 57.2 Å². The van der Waals surface area contributed by atoms with Crippen LogP contribution >= 0.6 is 0 Å². The fourth-order valence-electron chi connectivity index (χ4n) is 5.06. The number of hydrogen-bond acceptors (Lipinski definition) is 9. The zero-order valence-electron chi connectivity index (χ0n) is 26.6. The maximum Gasteiger partial charge on any atom is 0.420 e. The number of aromatic nitrogens is 1. The van der Waals surface area contributed by atoms with Crippen LogP contribution in [0.1, 0.15) is 32.8 Å². The van der Waals surface area contributed by atoms with Crippen molar-refractivity contribution in [1.29, 1.82) is 0 Å². The molecule has 1 aliphatic heterocycles. The number of oxazole rings is 1. The quantitative estimate of drug-likeness (QED) is 0.225. The normalized spacial score (nSPS) is 16.3. The number of methoxy groups -OCH3 is 1. The first-order valence-corrected chi connectivity index (χ1v) is 15.2. The summed E-state index contributed by atoms with van der Waals surface area (Å²) >= 11 is 0. The van der Waals surface area contributed by atoms with E-state index < -0.39 is 23.6 Å². The Morgan fingerprint density at radius 3 is 2.58 bits per heavy atom. The van der Waals surface area contributed by atoms with Gasteiger partial charge in [-0.3, -0.25) is 14.4 Å². The van der Waals surface area contributed by atoms with Crippen LogP contribution in [0.4, 0.5) is 4.79 Å². The molecule has 12 nitrogen and oxygen atoms in total. The molecule has 1 aromatic heterocycles. The van der Waals surface area contributed by atoms with E-state index >= 15 is 0 Å². The maximum atomic E-state index is 13.2. The number of carbonyl (C=O) groups excluding carboxylic acids is 2. The van der Waals surface area contributed by atoms with Gasteiger partial charge in [-0.05, 0) is 69.2 Å². The Kier molecular flexibility index (Phi) is 11.9. The summed E-state index contributed by atoms with van der Waals surface area (Å²) in [5.41, 5.74) is 3.48. The first-order valence-electron chi connectivity index (χ1n) is 15.2. The van der Waals surface area contributed by atoms with Crippen molar-refractivity contribution in [2.24, 2.45) is 4.99 Å². The van der Waals surface area contributed by atoms with Gasteiger partial charge in [-0.1, -0.05) is 30.3 Å². The second-order valence-corrected chi connectivity index (χ2v) is 12.0. The molecule has 0 unspecified atom stereocenters. The molecule has 1 fully saturated rings. The summed E-state index contributed by atoms with van der Waals surface area (Å²) in [4.78, 5) is 43.9. The molecule has 0 bridgehead atoms. The van der Waals surface area contributed by atoms with Crippen molar-refractivity contribution >= 4 is 29.8 Å². The standard InChI is InChI=1S/C33H44N4O8/c1-33(2,3)45-31(39)36-13-6-15-43-29(22-36)30(38)35-26(21-34-4)19-23-7-9-24(10-8-23)25-11-12-28-27(20-25)37(32(40)44-28)14-16-42-18-17-41-5/h7-12,20,26,29H,4,6,13-19,21-22H2,1-3,5H3,(H,35,38)/t26-,29-/m0/s1. The van der Waals surface area contributed by atoms with E-state index in [-0.39, 0.29) is 18.5 Å². The fourth-order valence-corrected chi connectivity index (χ4v) is 5.06. The van der Waals surface area contributed by atoms with E-state index in [1.54, 1.807) is 17.7 Å². The number of carbonyl (C=O) groups is 2. The molecule has 2 heterocycles. The summed E-state index contributed by atoms with van der Waals surface area (Å²) in [6, 6.07) is 13.3. The molecule has 0 spiro atoms. The summed E-state index contributed by atoms with van der Waals surface area (Å²) in [7, 11) is 1.61. The largest absolute Gasteiger partial charge is 0.444 e. The molecule has 1 aliphatic rings. The molecule has 2 atom stereocenters. The number of hydrogen-bond donors (Lipinski definition) is 1. The van der Waals surface area contributed by atoms with Gasteiger partial charge in [0.15, 0.2) is 11.7 Å². The van der Waals surface area contributed by atoms with Crippen LogP contribution in [-0.2, 0) is 36.7 Å². The first-order chi connectivity index (χ1) is 21.6. The molecule has 0 saturated carbocycles. The Bertz CT molecular complexity index is 1490. The smallest absolute Gasteiger partial charge is 0.420 e. The van der Waals surface area contributed by atoms with Gasteiger partial charge in [-0.25, -0.2) is 9.59 Å². The van der Waals surface area contributed by atoms with Crippen molar-refractivity contribution in [3.05, 3.63) is 58.6 Å². The van der Waals surface area contributed by atoms with Gasteiger partial charge < -0.3 is 33.6 Å². The average Bonchev–Trinajstić information content (AvgIpc) is 3.14. The second kappa shape index (κ2) is 15.8. The molecule has 4 rings (SSSR count). The third-order valence-electron chi connectivity index (χ3n) is 7.25. The third kappa shape index (κ3) is 9.74. The van der Waals surface area contributed by atoms with Gasteiger partial charge in [0, 0.05) is 20.3 Å². The number of benzene rings is 2. The van der Waals surface area contributed by atoms with Crippen molar-refractivity contribution in [1.82, 2.24) is 14.8 Å². The monoisotopic (exact) mass is 624 g/mol. The van der Waals surface area contributed by atoms with Crippen LogP contribution in [0.3, 0.4) is 0 Å². The molecule has 0 aliphatic carbocycles. The lowest BCUT2D eigenvalue weighted by Gasteiger charge is -2.28. The first kappa shape index (κ1) is 33.9. The van der Waals surface area contributed by atoms with Crippen LogP contribution in [0.2, 0.25) is 0 Å². The van der Waals surface area contributed by atoms with Crippen LogP contribution < -0.4 is 11.1 Å². The second-order valence-electron chi connectivity index (χ2n) is 12.0. The Morgan fingerprint density at radius 1 is 1.11 bits per heavy atom. The molecule has 0 radical (unpaired) electrons. The topological polar surface area (TPSA) is 134 Å². The number of fused-ring (bicyclic) bond motifs is 1. The van der Waals surface area contributed by atoms with Gasteiger partial charge in [0.25, 0.3) is 5.91 Å². The van der Waals surface area contributed by atoms with Crippen molar-refractivity contribution in [3.63, 3.8) is 0 Å². The van der Waals surface area contributed by atoms with Gasteiger partial charge in [0.05, 0.1) is 51.0 Å². The molecule has 2 amide bonds. The zero-order chi connectivity index (χ0) is 32.4. The van der Waals surface area contributed by atoms with Gasteiger partial charge in [-0.2, -0.15) is 0 Å². The highest BCUT2D eigenvalue weighted by Crippen LogP contribution is 2.25. The molecule has 12 heteroatoms. The van der Waals surface area contributed by atoms with Crippen molar-refractivity contribution in [3.8, 4) is 11.1 Å². The number of rotatable bonds is 13. The average molecular weight is 625 g/mol. The van der Waals surface area contributed by atoms with Gasteiger partial charge in [-0.15, -0.1) is 0 Å². The van der Waals surface area contributed by atoms with Gasteiger partial charge in [0.2, 0.25) is 0 Å².